The van der Waals surface area contributed by atoms with Gasteiger partial charge in [0.1, 0.15) is 11.6 Å². The quantitative estimate of drug-likeness (QED) is 0.404. The third-order valence-corrected chi connectivity index (χ3v) is 6.94. The maximum absolute atomic E-state index is 12.9. The van der Waals surface area contributed by atoms with Gasteiger partial charge in [0.15, 0.2) is 0 Å². The van der Waals surface area contributed by atoms with Crippen molar-refractivity contribution in [1.82, 2.24) is 20.6 Å². The molecule has 38 heavy (non-hydrogen) atoms. The number of benzene rings is 1. The smallest absolute Gasteiger partial charge is 0.319 e. The first-order valence-electron chi connectivity index (χ1n) is 12.5. The highest BCUT2D eigenvalue weighted by Gasteiger charge is 2.33. The highest BCUT2D eigenvalue weighted by atomic mass is 35.5. The minimum atomic E-state index is -0.527. The number of halogens is 1. The number of methoxy groups -OCH3 is 1. The third kappa shape index (κ3) is 6.72. The average molecular weight is 537 g/mol. The Morgan fingerprint density at radius 2 is 1.82 bits per heavy atom. The van der Waals surface area contributed by atoms with Crippen LogP contribution in [0.4, 0.5) is 16.3 Å². The second kappa shape index (κ2) is 11.7. The number of piperidine rings is 1. The summed E-state index contributed by atoms with van der Waals surface area (Å²) in [5, 5.41) is 9.57. The van der Waals surface area contributed by atoms with E-state index < -0.39 is 5.54 Å². The molecule has 1 saturated heterocycles. The van der Waals surface area contributed by atoms with Gasteiger partial charge in [0.05, 0.1) is 18.8 Å². The average Bonchev–Trinajstić information content (AvgIpc) is 2.90. The Bertz CT molecular complexity index is 1250. The molecule has 3 amide bonds. The fraction of sp³-hybridized carbons (Fsp3) is 0.357. The number of aromatic nitrogens is 2. The molecule has 3 N–H and O–H groups in total. The van der Waals surface area contributed by atoms with Crippen LogP contribution in [-0.2, 0) is 10.3 Å². The molecule has 0 spiro atoms. The number of ether oxygens (including phenoxy) is 1. The lowest BCUT2D eigenvalue weighted by molar-refractivity contribution is -0.120. The van der Waals surface area contributed by atoms with Crippen LogP contribution in [0.25, 0.3) is 0 Å². The summed E-state index contributed by atoms with van der Waals surface area (Å²) in [5.41, 5.74) is 1.91. The molecule has 0 aliphatic carbocycles. The summed E-state index contributed by atoms with van der Waals surface area (Å²) in [6.45, 7) is 6.73. The number of carbonyl (C=O) groups is 2. The van der Waals surface area contributed by atoms with Crippen molar-refractivity contribution in [2.24, 2.45) is 0 Å². The maximum atomic E-state index is 12.9. The molecule has 3 aromatic rings. The molecule has 0 radical (unpaired) electrons. The molecule has 4 rings (SSSR count). The summed E-state index contributed by atoms with van der Waals surface area (Å²) < 4.78 is 5.28. The SMILES string of the molecule is COc1ccc(C2CN(c3ccc(C(C)(C)NC(C)=O)cn3)CCC2NC(=O)Nc2ccc(Cl)cc2)nc1. The lowest BCUT2D eigenvalue weighted by Gasteiger charge is -2.39. The van der Waals surface area contributed by atoms with E-state index in [-0.39, 0.29) is 23.9 Å². The fourth-order valence-electron chi connectivity index (χ4n) is 4.69. The zero-order chi connectivity index (χ0) is 27.3. The zero-order valence-corrected chi connectivity index (χ0v) is 22.7. The Hall–Kier alpha value is -3.85. The van der Waals surface area contributed by atoms with Gasteiger partial charge >= 0.3 is 6.03 Å². The molecule has 1 aliphatic heterocycles. The molecule has 1 aliphatic rings. The molecule has 2 atom stereocenters. The van der Waals surface area contributed by atoms with Crippen molar-refractivity contribution in [2.45, 2.75) is 44.7 Å². The predicted molar refractivity (Wildman–Crippen MR) is 149 cm³/mol. The number of anilines is 2. The molecule has 2 aromatic heterocycles. The molecule has 10 heteroatoms. The number of nitrogens with one attached hydrogen (secondary N) is 3. The van der Waals surface area contributed by atoms with Gasteiger partial charge in [-0.1, -0.05) is 17.7 Å². The van der Waals surface area contributed by atoms with E-state index >= 15 is 0 Å². The van der Waals surface area contributed by atoms with E-state index in [1.54, 1.807) is 43.8 Å². The second-order valence-corrected chi connectivity index (χ2v) is 10.3. The Morgan fingerprint density at radius 1 is 1.05 bits per heavy atom. The Balaban J connectivity index is 1.51. The van der Waals surface area contributed by atoms with Gasteiger partial charge in [0.2, 0.25) is 5.91 Å². The number of pyridine rings is 2. The van der Waals surface area contributed by atoms with Crippen molar-refractivity contribution in [3.63, 3.8) is 0 Å². The van der Waals surface area contributed by atoms with Crippen LogP contribution in [0.2, 0.25) is 5.02 Å². The van der Waals surface area contributed by atoms with E-state index in [9.17, 15) is 9.59 Å². The number of amides is 3. The molecule has 1 aromatic carbocycles. The molecule has 0 bridgehead atoms. The molecule has 0 saturated carbocycles. The van der Waals surface area contributed by atoms with Gasteiger partial charge in [-0.25, -0.2) is 9.78 Å². The summed E-state index contributed by atoms with van der Waals surface area (Å²) in [7, 11) is 1.60. The van der Waals surface area contributed by atoms with Crippen LogP contribution in [0.3, 0.4) is 0 Å². The zero-order valence-electron chi connectivity index (χ0n) is 22.0. The number of carbonyl (C=O) groups excluding carboxylic acids is 2. The Labute approximate surface area is 228 Å². The number of urea groups is 1. The third-order valence-electron chi connectivity index (χ3n) is 6.69. The lowest BCUT2D eigenvalue weighted by atomic mass is 9.88. The van der Waals surface area contributed by atoms with Gasteiger partial charge in [0, 0.05) is 54.6 Å². The van der Waals surface area contributed by atoms with E-state index in [4.69, 9.17) is 21.3 Å². The maximum Gasteiger partial charge on any atom is 0.319 e. The van der Waals surface area contributed by atoms with E-state index in [2.05, 4.69) is 25.8 Å². The summed E-state index contributed by atoms with van der Waals surface area (Å²) in [6.07, 6.45) is 4.19. The van der Waals surface area contributed by atoms with Crippen LogP contribution in [0, 0.1) is 0 Å². The highest BCUT2D eigenvalue weighted by molar-refractivity contribution is 6.30. The first-order valence-corrected chi connectivity index (χ1v) is 12.9. The van der Waals surface area contributed by atoms with Crippen molar-refractivity contribution >= 4 is 35.0 Å². The van der Waals surface area contributed by atoms with Gasteiger partial charge in [-0.05, 0) is 68.3 Å². The Morgan fingerprint density at radius 3 is 2.42 bits per heavy atom. The topological polar surface area (TPSA) is 108 Å². The first-order chi connectivity index (χ1) is 18.1. The minimum absolute atomic E-state index is 0.0806. The molecule has 9 nitrogen and oxygen atoms in total. The van der Waals surface area contributed by atoms with Crippen LogP contribution in [0.15, 0.2) is 60.9 Å². The van der Waals surface area contributed by atoms with Crippen molar-refractivity contribution in [1.29, 1.82) is 0 Å². The van der Waals surface area contributed by atoms with Crippen molar-refractivity contribution in [3.05, 3.63) is 77.2 Å². The van der Waals surface area contributed by atoms with E-state index in [1.165, 1.54) is 6.92 Å². The second-order valence-electron chi connectivity index (χ2n) is 9.89. The van der Waals surface area contributed by atoms with E-state index in [0.717, 1.165) is 17.1 Å². The monoisotopic (exact) mass is 536 g/mol. The van der Waals surface area contributed by atoms with Crippen LogP contribution in [0.5, 0.6) is 5.75 Å². The summed E-state index contributed by atoms with van der Waals surface area (Å²) in [6, 6.07) is 14.3. The van der Waals surface area contributed by atoms with Crippen LogP contribution in [-0.4, -0.2) is 48.1 Å². The molecule has 2 unspecified atom stereocenters. The summed E-state index contributed by atoms with van der Waals surface area (Å²) in [5.74, 6) is 1.33. The van der Waals surface area contributed by atoms with Crippen LogP contribution in [0.1, 0.15) is 44.4 Å². The largest absolute Gasteiger partial charge is 0.495 e. The van der Waals surface area contributed by atoms with Gasteiger partial charge in [-0.3, -0.25) is 9.78 Å². The lowest BCUT2D eigenvalue weighted by Crippen LogP contribution is -2.51. The number of nitrogens with zero attached hydrogens (tertiary/aromatic N) is 3. The minimum Gasteiger partial charge on any atom is -0.495 e. The number of rotatable bonds is 7. The molecule has 1 fully saturated rings. The number of hydrogen-bond acceptors (Lipinski definition) is 6. The summed E-state index contributed by atoms with van der Waals surface area (Å²) in [4.78, 5) is 36.0. The van der Waals surface area contributed by atoms with Gasteiger partial charge in [0.25, 0.3) is 0 Å². The Kier molecular flexibility index (Phi) is 8.36. The molecular weight excluding hydrogens is 504 g/mol. The fourth-order valence-corrected chi connectivity index (χ4v) is 4.81. The highest BCUT2D eigenvalue weighted by Crippen LogP contribution is 2.30. The van der Waals surface area contributed by atoms with Gasteiger partial charge in [-0.2, -0.15) is 0 Å². The van der Waals surface area contributed by atoms with Crippen LogP contribution >= 0.6 is 11.6 Å². The van der Waals surface area contributed by atoms with E-state index in [0.29, 0.717) is 36.0 Å². The standard InChI is InChI=1S/C28H33ClN6O3/c1-18(36)34-28(2,3)19-5-12-26(31-15-19)35-14-13-25(23(17-35)24-11-10-22(38-4)16-30-24)33-27(37)32-21-8-6-20(29)7-9-21/h5-12,15-16,23,25H,13-14,17H2,1-4H3,(H,34,36)(H2,32,33,37). The molecular formula is C28H33ClN6O3. The van der Waals surface area contributed by atoms with Gasteiger partial charge in [-0.15, -0.1) is 0 Å². The predicted octanol–water partition coefficient (Wildman–Crippen LogP) is 4.69. The van der Waals surface area contributed by atoms with Crippen molar-refractivity contribution in [2.75, 3.05) is 30.4 Å². The van der Waals surface area contributed by atoms with Crippen LogP contribution < -0.4 is 25.6 Å². The number of hydrogen-bond donors (Lipinski definition) is 3. The van der Waals surface area contributed by atoms with Crippen molar-refractivity contribution in [3.8, 4) is 5.75 Å². The van der Waals surface area contributed by atoms with E-state index in [1.807, 2.05) is 38.1 Å². The van der Waals surface area contributed by atoms with Crippen molar-refractivity contribution < 1.29 is 14.3 Å². The molecule has 3 heterocycles. The molecule has 200 valence electrons. The normalized spacial score (nSPS) is 17.4. The van der Waals surface area contributed by atoms with Gasteiger partial charge < -0.3 is 25.6 Å². The summed E-state index contributed by atoms with van der Waals surface area (Å²) >= 11 is 5.96. The first kappa shape index (κ1) is 27.2.